The summed E-state index contributed by atoms with van der Waals surface area (Å²) in [7, 11) is 0. The molecule has 5 heteroatoms. The Morgan fingerprint density at radius 1 is 1.47 bits per heavy atom. The highest BCUT2D eigenvalue weighted by Gasteiger charge is 2.33. The summed E-state index contributed by atoms with van der Waals surface area (Å²) in [6, 6.07) is 6.86. The molecular weight excluding hydrogens is 220 g/mol. The van der Waals surface area contributed by atoms with E-state index in [1.54, 1.807) is 24.3 Å². The first-order valence-corrected chi connectivity index (χ1v) is 4.85. The SMILES string of the molecule is C#CCN1C(=O)/C(=C/[N+](=O)[O-])c2ccccc21. The number of carbonyl (C=O) groups excluding carboxylic acids is 1. The summed E-state index contributed by atoms with van der Waals surface area (Å²) in [5.41, 5.74) is 1.23. The highest BCUT2D eigenvalue weighted by atomic mass is 16.6. The molecule has 0 bridgehead atoms. The lowest BCUT2D eigenvalue weighted by Crippen LogP contribution is -2.26. The Bertz CT molecular complexity index is 569. The van der Waals surface area contributed by atoms with Gasteiger partial charge in [0, 0.05) is 5.56 Å². The molecule has 0 spiro atoms. The highest BCUT2D eigenvalue weighted by molar-refractivity contribution is 6.32. The average Bonchev–Trinajstić information content (AvgIpc) is 2.55. The summed E-state index contributed by atoms with van der Waals surface area (Å²) in [5.74, 6) is 1.93. The normalized spacial score (nSPS) is 15.8. The second-order valence-corrected chi connectivity index (χ2v) is 3.44. The minimum Gasteiger partial charge on any atom is -0.296 e. The molecule has 0 aromatic heterocycles. The van der Waals surface area contributed by atoms with Crippen LogP contribution in [0.3, 0.4) is 0 Å². The van der Waals surface area contributed by atoms with Crippen molar-refractivity contribution in [3.8, 4) is 12.3 Å². The maximum absolute atomic E-state index is 11.9. The Hall–Kier alpha value is -2.61. The number of terminal acetylenes is 1. The van der Waals surface area contributed by atoms with E-state index in [2.05, 4.69) is 5.92 Å². The van der Waals surface area contributed by atoms with Gasteiger partial charge < -0.3 is 0 Å². The van der Waals surface area contributed by atoms with Gasteiger partial charge >= 0.3 is 0 Å². The van der Waals surface area contributed by atoms with Crippen LogP contribution in [0.5, 0.6) is 0 Å². The molecule has 1 aliphatic rings. The van der Waals surface area contributed by atoms with Crippen molar-refractivity contribution in [1.29, 1.82) is 0 Å². The van der Waals surface area contributed by atoms with E-state index >= 15 is 0 Å². The Morgan fingerprint density at radius 2 is 2.18 bits per heavy atom. The number of carbonyl (C=O) groups is 1. The van der Waals surface area contributed by atoms with E-state index in [4.69, 9.17) is 6.42 Å². The lowest BCUT2D eigenvalue weighted by Gasteiger charge is -2.12. The van der Waals surface area contributed by atoms with Crippen molar-refractivity contribution in [3.63, 3.8) is 0 Å². The van der Waals surface area contributed by atoms with Gasteiger partial charge in [0.1, 0.15) is 5.57 Å². The quantitative estimate of drug-likeness (QED) is 0.331. The third-order valence-electron chi connectivity index (χ3n) is 2.44. The molecule has 0 saturated carbocycles. The first-order valence-electron chi connectivity index (χ1n) is 4.85. The van der Waals surface area contributed by atoms with Gasteiger partial charge in [-0.05, 0) is 6.07 Å². The van der Waals surface area contributed by atoms with Crippen LogP contribution in [0.2, 0.25) is 0 Å². The topological polar surface area (TPSA) is 63.5 Å². The fourth-order valence-electron chi connectivity index (χ4n) is 1.79. The lowest BCUT2D eigenvalue weighted by molar-refractivity contribution is -0.401. The third-order valence-corrected chi connectivity index (χ3v) is 2.44. The van der Waals surface area contributed by atoms with E-state index in [0.29, 0.717) is 11.3 Å². The molecule has 1 amide bonds. The number of rotatable bonds is 2. The second-order valence-electron chi connectivity index (χ2n) is 3.44. The van der Waals surface area contributed by atoms with Crippen LogP contribution in [0.1, 0.15) is 5.56 Å². The molecule has 0 saturated heterocycles. The maximum Gasteiger partial charge on any atom is 0.266 e. The summed E-state index contributed by atoms with van der Waals surface area (Å²) in [5, 5.41) is 10.5. The minimum absolute atomic E-state index is 0.0702. The molecule has 1 aromatic carbocycles. The van der Waals surface area contributed by atoms with Crippen LogP contribution in [-0.4, -0.2) is 17.4 Å². The predicted molar refractivity (Wildman–Crippen MR) is 62.6 cm³/mol. The Balaban J connectivity index is 2.57. The highest BCUT2D eigenvalue weighted by Crippen LogP contribution is 2.35. The number of amides is 1. The lowest BCUT2D eigenvalue weighted by atomic mass is 10.1. The van der Waals surface area contributed by atoms with E-state index in [-0.39, 0.29) is 12.1 Å². The standard InChI is InChI=1S/C12H8N2O3/c1-2-7-13-11-6-4-3-5-9(11)10(12(13)15)8-14(16)17/h1,3-6,8H,7H2/b10-8+. The van der Waals surface area contributed by atoms with Crippen LogP contribution in [-0.2, 0) is 4.79 Å². The number of nitro groups is 1. The predicted octanol–water partition coefficient (Wildman–Crippen LogP) is 1.28. The summed E-state index contributed by atoms with van der Waals surface area (Å²) in [6.45, 7) is 0.102. The van der Waals surface area contributed by atoms with Crippen molar-refractivity contribution < 1.29 is 9.72 Å². The molecule has 1 aliphatic heterocycles. The third kappa shape index (κ3) is 1.76. The second kappa shape index (κ2) is 4.10. The summed E-state index contributed by atoms with van der Waals surface area (Å²) in [4.78, 5) is 23.2. The number of nitrogens with zero attached hydrogens (tertiary/aromatic N) is 2. The molecule has 17 heavy (non-hydrogen) atoms. The summed E-state index contributed by atoms with van der Waals surface area (Å²) in [6.07, 6.45) is 5.90. The van der Waals surface area contributed by atoms with Gasteiger partial charge in [-0.25, -0.2) is 0 Å². The van der Waals surface area contributed by atoms with Gasteiger partial charge in [-0.15, -0.1) is 6.42 Å². The van der Waals surface area contributed by atoms with Crippen molar-refractivity contribution in [2.75, 3.05) is 11.4 Å². The molecule has 0 aliphatic carbocycles. The number of hydrogen-bond donors (Lipinski definition) is 0. The van der Waals surface area contributed by atoms with Crippen LogP contribution < -0.4 is 4.90 Å². The van der Waals surface area contributed by atoms with Crippen LogP contribution in [0.4, 0.5) is 5.69 Å². The average molecular weight is 228 g/mol. The number of benzene rings is 1. The molecule has 1 heterocycles. The van der Waals surface area contributed by atoms with Gasteiger partial charge in [0.05, 0.1) is 17.2 Å². The molecule has 5 nitrogen and oxygen atoms in total. The van der Waals surface area contributed by atoms with Crippen molar-refractivity contribution in [3.05, 3.63) is 46.1 Å². The van der Waals surface area contributed by atoms with Crippen molar-refractivity contribution in [2.45, 2.75) is 0 Å². The zero-order valence-corrected chi connectivity index (χ0v) is 8.79. The Kier molecular flexibility index (Phi) is 2.63. The largest absolute Gasteiger partial charge is 0.296 e. The molecule has 0 atom stereocenters. The number of hydrogen-bond acceptors (Lipinski definition) is 3. The van der Waals surface area contributed by atoms with E-state index in [9.17, 15) is 14.9 Å². The van der Waals surface area contributed by atoms with Crippen LogP contribution in [0, 0.1) is 22.5 Å². The fourth-order valence-corrected chi connectivity index (χ4v) is 1.79. The first kappa shape index (κ1) is 10.9. The molecule has 1 aromatic rings. The molecule has 0 unspecified atom stereocenters. The van der Waals surface area contributed by atoms with Crippen molar-refractivity contribution in [2.24, 2.45) is 0 Å². The van der Waals surface area contributed by atoms with Crippen LogP contribution in [0.25, 0.3) is 5.57 Å². The Labute approximate surface area is 97.5 Å². The van der Waals surface area contributed by atoms with Gasteiger partial charge in [0.2, 0.25) is 6.20 Å². The molecule has 0 radical (unpaired) electrons. The number of fused-ring (bicyclic) bond motifs is 1. The monoisotopic (exact) mass is 228 g/mol. The van der Waals surface area contributed by atoms with Gasteiger partial charge in [-0.1, -0.05) is 24.1 Å². The minimum atomic E-state index is -0.636. The van der Waals surface area contributed by atoms with Gasteiger partial charge in [0.25, 0.3) is 5.91 Å². The smallest absolute Gasteiger partial charge is 0.266 e. The zero-order chi connectivity index (χ0) is 12.4. The summed E-state index contributed by atoms with van der Waals surface area (Å²) >= 11 is 0. The fraction of sp³-hybridized carbons (Fsp3) is 0.0833. The Morgan fingerprint density at radius 3 is 2.82 bits per heavy atom. The zero-order valence-electron chi connectivity index (χ0n) is 8.79. The van der Waals surface area contributed by atoms with E-state index in [1.165, 1.54) is 4.90 Å². The van der Waals surface area contributed by atoms with E-state index in [1.807, 2.05) is 0 Å². The molecule has 2 rings (SSSR count). The molecule has 84 valence electrons. The number of anilines is 1. The van der Waals surface area contributed by atoms with Crippen molar-refractivity contribution >= 4 is 17.2 Å². The molecular formula is C12H8N2O3. The molecule has 0 fully saturated rings. The van der Waals surface area contributed by atoms with Crippen molar-refractivity contribution in [1.82, 2.24) is 0 Å². The van der Waals surface area contributed by atoms with Gasteiger partial charge in [-0.2, -0.15) is 0 Å². The van der Waals surface area contributed by atoms with Gasteiger partial charge in [-0.3, -0.25) is 19.8 Å². The van der Waals surface area contributed by atoms with Crippen LogP contribution >= 0.6 is 0 Å². The van der Waals surface area contributed by atoms with E-state index < -0.39 is 10.8 Å². The van der Waals surface area contributed by atoms with Gasteiger partial charge in [0.15, 0.2) is 0 Å². The molecule has 0 N–H and O–H groups in total. The van der Waals surface area contributed by atoms with Crippen LogP contribution in [0.15, 0.2) is 30.5 Å². The summed E-state index contributed by atoms with van der Waals surface area (Å²) < 4.78 is 0. The number of para-hydroxylation sites is 1. The first-order chi connectivity index (χ1) is 8.15. The van der Waals surface area contributed by atoms with E-state index in [0.717, 1.165) is 6.20 Å². The maximum atomic E-state index is 11.9.